The molecule has 3 heterocycles. The number of anilines is 2. The van der Waals surface area contributed by atoms with Crippen LogP contribution >= 0.6 is 12.2 Å². The smallest absolute Gasteiger partial charge is 0.226 e. The van der Waals surface area contributed by atoms with Crippen LogP contribution in [0.4, 0.5) is 11.4 Å². The molecule has 2 fully saturated rings. The number of carbonyl (C=O) groups is 1. The van der Waals surface area contributed by atoms with Crippen molar-refractivity contribution < 1.29 is 4.79 Å². The molecule has 1 saturated heterocycles. The van der Waals surface area contributed by atoms with Gasteiger partial charge < -0.3 is 20.1 Å². The fourth-order valence-electron chi connectivity index (χ4n) is 5.22. The van der Waals surface area contributed by atoms with E-state index in [1.165, 1.54) is 31.2 Å². The SMILES string of the molecule is Cc1cc(N2C(=S)N[C@H](c3ccccn3)[C@@H]2c2ccn(C3CCCC3)c2)ccc1NC(=O)C(C)C. The standard InChI is InChI=1S/C28H33N5OS/c1-18(2)27(34)30-23-12-11-22(16-19(23)3)33-26(20-13-15-32(17-20)21-8-4-5-9-21)25(31-28(33)35)24-10-6-7-14-29-24/h6-7,10-18,21,25-26H,4-5,8-9H2,1-3H3,(H,30,34)(H,31,35)/t25-,26+/m1/s1. The molecule has 1 aliphatic heterocycles. The second-order valence-electron chi connectivity index (χ2n) is 9.97. The molecule has 6 nitrogen and oxygen atoms in total. The number of hydrogen-bond acceptors (Lipinski definition) is 3. The van der Waals surface area contributed by atoms with Gasteiger partial charge in [-0.15, -0.1) is 0 Å². The number of amides is 1. The van der Waals surface area contributed by atoms with Gasteiger partial charge in [-0.1, -0.05) is 32.8 Å². The molecule has 0 spiro atoms. The first-order valence-electron chi connectivity index (χ1n) is 12.5. The van der Waals surface area contributed by atoms with Gasteiger partial charge in [0.1, 0.15) is 0 Å². The second-order valence-corrected chi connectivity index (χ2v) is 10.4. The van der Waals surface area contributed by atoms with Gasteiger partial charge in [-0.25, -0.2) is 0 Å². The Morgan fingerprint density at radius 1 is 1.17 bits per heavy atom. The molecule has 1 aliphatic carbocycles. The maximum Gasteiger partial charge on any atom is 0.226 e. The van der Waals surface area contributed by atoms with Crippen LogP contribution in [-0.4, -0.2) is 20.6 Å². The zero-order chi connectivity index (χ0) is 24.5. The molecule has 0 unspecified atom stereocenters. The van der Waals surface area contributed by atoms with E-state index in [0.29, 0.717) is 11.2 Å². The molecular formula is C28H33N5OS. The third-order valence-corrected chi connectivity index (χ3v) is 7.51. The highest BCUT2D eigenvalue weighted by molar-refractivity contribution is 7.80. The zero-order valence-electron chi connectivity index (χ0n) is 20.6. The third kappa shape index (κ3) is 4.69. The maximum absolute atomic E-state index is 12.2. The Morgan fingerprint density at radius 2 is 1.97 bits per heavy atom. The number of rotatable bonds is 6. The largest absolute Gasteiger partial charge is 0.351 e. The number of nitrogens with zero attached hydrogens (tertiary/aromatic N) is 3. The quantitative estimate of drug-likeness (QED) is 0.413. The summed E-state index contributed by atoms with van der Waals surface area (Å²) in [6, 6.07) is 14.8. The monoisotopic (exact) mass is 487 g/mol. The van der Waals surface area contributed by atoms with Gasteiger partial charge in [0.15, 0.2) is 5.11 Å². The van der Waals surface area contributed by atoms with Gasteiger partial charge in [-0.3, -0.25) is 9.78 Å². The van der Waals surface area contributed by atoms with Crippen LogP contribution in [0.25, 0.3) is 0 Å². The zero-order valence-corrected chi connectivity index (χ0v) is 21.4. The average Bonchev–Trinajstić information content (AvgIpc) is 3.60. The molecule has 1 amide bonds. The molecule has 0 radical (unpaired) electrons. The molecule has 5 rings (SSSR count). The van der Waals surface area contributed by atoms with E-state index in [-0.39, 0.29) is 23.9 Å². The minimum Gasteiger partial charge on any atom is -0.351 e. The van der Waals surface area contributed by atoms with E-state index < -0.39 is 0 Å². The number of hydrogen-bond donors (Lipinski definition) is 2. The molecule has 35 heavy (non-hydrogen) atoms. The van der Waals surface area contributed by atoms with Crippen LogP contribution < -0.4 is 15.5 Å². The molecular weight excluding hydrogens is 454 g/mol. The number of aromatic nitrogens is 2. The van der Waals surface area contributed by atoms with Crippen LogP contribution in [0.5, 0.6) is 0 Å². The lowest BCUT2D eigenvalue weighted by molar-refractivity contribution is -0.118. The highest BCUT2D eigenvalue weighted by Gasteiger charge is 2.41. The number of thiocarbonyl (C=S) groups is 1. The predicted molar refractivity (Wildman–Crippen MR) is 145 cm³/mol. The van der Waals surface area contributed by atoms with Crippen molar-refractivity contribution in [1.29, 1.82) is 0 Å². The van der Waals surface area contributed by atoms with Gasteiger partial charge in [-0.2, -0.15) is 0 Å². The summed E-state index contributed by atoms with van der Waals surface area (Å²) in [5, 5.41) is 7.25. The van der Waals surface area contributed by atoms with E-state index in [9.17, 15) is 4.79 Å². The molecule has 2 atom stereocenters. The first-order chi connectivity index (χ1) is 16.9. The number of benzene rings is 1. The normalized spacial score (nSPS) is 20.5. The maximum atomic E-state index is 12.2. The van der Waals surface area contributed by atoms with Crippen molar-refractivity contribution in [2.24, 2.45) is 5.92 Å². The van der Waals surface area contributed by atoms with E-state index in [1.54, 1.807) is 0 Å². The van der Waals surface area contributed by atoms with Crippen LogP contribution in [0, 0.1) is 12.8 Å². The number of carbonyl (C=O) groups excluding carboxylic acids is 1. The van der Waals surface area contributed by atoms with Crippen molar-refractivity contribution in [3.05, 3.63) is 77.9 Å². The summed E-state index contributed by atoms with van der Waals surface area (Å²) < 4.78 is 2.38. The second kappa shape index (κ2) is 9.82. The molecule has 182 valence electrons. The van der Waals surface area contributed by atoms with Crippen LogP contribution in [-0.2, 0) is 4.79 Å². The molecule has 3 aromatic rings. The highest BCUT2D eigenvalue weighted by Crippen LogP contribution is 2.43. The van der Waals surface area contributed by atoms with Crippen molar-refractivity contribution in [3.8, 4) is 0 Å². The van der Waals surface area contributed by atoms with Gasteiger partial charge in [0.25, 0.3) is 0 Å². The Kier molecular flexibility index (Phi) is 6.60. The Hall–Kier alpha value is -3.19. The highest BCUT2D eigenvalue weighted by atomic mass is 32.1. The van der Waals surface area contributed by atoms with Crippen LogP contribution in [0.2, 0.25) is 0 Å². The van der Waals surface area contributed by atoms with Crippen molar-refractivity contribution >= 4 is 34.6 Å². The lowest BCUT2D eigenvalue weighted by Crippen LogP contribution is -2.29. The fourth-order valence-corrected chi connectivity index (χ4v) is 5.57. The molecule has 0 bridgehead atoms. The Balaban J connectivity index is 1.52. The summed E-state index contributed by atoms with van der Waals surface area (Å²) in [5.74, 6) is -0.0580. The van der Waals surface area contributed by atoms with Gasteiger partial charge in [-0.05, 0) is 79.5 Å². The fraction of sp³-hybridized carbons (Fsp3) is 0.393. The minimum atomic E-state index is -0.0724. The van der Waals surface area contributed by atoms with Crippen molar-refractivity contribution in [2.75, 3.05) is 10.2 Å². The van der Waals surface area contributed by atoms with Gasteiger partial charge in [0, 0.05) is 41.9 Å². The molecule has 7 heteroatoms. The Bertz CT molecular complexity index is 1220. The summed E-state index contributed by atoms with van der Waals surface area (Å²) in [7, 11) is 0. The number of nitrogens with one attached hydrogen (secondary N) is 2. The summed E-state index contributed by atoms with van der Waals surface area (Å²) in [5.41, 5.74) is 5.02. The van der Waals surface area contributed by atoms with Crippen molar-refractivity contribution in [2.45, 2.75) is 64.6 Å². The molecule has 2 N–H and O–H groups in total. The molecule has 1 saturated carbocycles. The Morgan fingerprint density at radius 3 is 2.66 bits per heavy atom. The van der Waals surface area contributed by atoms with E-state index in [2.05, 4.69) is 55.7 Å². The van der Waals surface area contributed by atoms with Gasteiger partial charge in [0.2, 0.25) is 5.91 Å². The molecule has 2 aromatic heterocycles. The summed E-state index contributed by atoms with van der Waals surface area (Å²) in [6.07, 6.45) is 11.4. The van der Waals surface area contributed by atoms with Crippen LogP contribution in [0.1, 0.15) is 74.5 Å². The van der Waals surface area contributed by atoms with E-state index in [0.717, 1.165) is 22.6 Å². The average molecular weight is 488 g/mol. The van der Waals surface area contributed by atoms with Crippen LogP contribution in [0.15, 0.2) is 61.1 Å². The first-order valence-corrected chi connectivity index (χ1v) is 12.9. The first kappa shape index (κ1) is 23.5. The molecule has 2 aliphatic rings. The van der Waals surface area contributed by atoms with E-state index >= 15 is 0 Å². The van der Waals surface area contributed by atoms with Gasteiger partial charge >= 0.3 is 0 Å². The lowest BCUT2D eigenvalue weighted by Gasteiger charge is -2.28. The Labute approximate surface area is 212 Å². The van der Waals surface area contributed by atoms with Crippen LogP contribution in [0.3, 0.4) is 0 Å². The lowest BCUT2D eigenvalue weighted by atomic mass is 9.98. The predicted octanol–water partition coefficient (Wildman–Crippen LogP) is 6.08. The van der Waals surface area contributed by atoms with Crippen molar-refractivity contribution in [3.63, 3.8) is 0 Å². The van der Waals surface area contributed by atoms with Gasteiger partial charge in [0.05, 0.1) is 17.8 Å². The van der Waals surface area contributed by atoms with E-state index in [4.69, 9.17) is 12.2 Å². The topological polar surface area (TPSA) is 62.2 Å². The minimum absolute atomic E-state index is 0.0144. The van der Waals surface area contributed by atoms with Crippen molar-refractivity contribution in [1.82, 2.24) is 14.9 Å². The number of pyridine rings is 1. The summed E-state index contributed by atoms with van der Waals surface area (Å²) in [4.78, 5) is 19.1. The molecule has 1 aromatic carbocycles. The summed E-state index contributed by atoms with van der Waals surface area (Å²) >= 11 is 5.88. The summed E-state index contributed by atoms with van der Waals surface area (Å²) in [6.45, 7) is 5.81. The van der Waals surface area contributed by atoms with E-state index in [1.807, 2.05) is 51.2 Å². The number of aryl methyl sites for hydroxylation is 1. The third-order valence-electron chi connectivity index (χ3n) is 7.19.